The minimum absolute atomic E-state index is 0.00322. The van der Waals surface area contributed by atoms with E-state index in [1.54, 1.807) is 0 Å². The largest absolute Gasteiger partial charge is 0.310 e. The van der Waals surface area contributed by atoms with Gasteiger partial charge in [0, 0.05) is 22.9 Å². The van der Waals surface area contributed by atoms with E-state index in [2.05, 4.69) is 284 Å². The highest BCUT2D eigenvalue weighted by Gasteiger charge is 2.46. The van der Waals surface area contributed by atoms with E-state index in [0.29, 0.717) is 0 Å². The molecule has 1 heteroatoms. The maximum Gasteiger partial charge on any atom is 0.0713 e. The summed E-state index contributed by atoms with van der Waals surface area (Å²) in [5, 5.41) is 5.22. The molecule has 12 aromatic rings. The van der Waals surface area contributed by atoms with Crippen LogP contribution in [-0.2, 0) is 5.41 Å². The fourth-order valence-electron chi connectivity index (χ4n) is 12.5. The van der Waals surface area contributed by atoms with Crippen LogP contribution in [0.1, 0.15) is 44.9 Å². The summed E-state index contributed by atoms with van der Waals surface area (Å²) in [5.41, 5.74) is 22.2. The number of para-hydroxylation sites is 3. The minimum Gasteiger partial charge on any atom is -0.310 e. The lowest BCUT2D eigenvalue weighted by molar-refractivity contribution is 0.767. The molecule has 1 atom stereocenters. The third-order valence-electron chi connectivity index (χ3n) is 15.4. The van der Waals surface area contributed by atoms with Crippen LogP contribution in [-0.4, -0.2) is 0 Å². The van der Waals surface area contributed by atoms with Gasteiger partial charge in [-0.05, 0) is 142 Å². The molecule has 0 amide bonds. The molecule has 0 saturated heterocycles. The Hall–Kier alpha value is -9.04. The molecule has 71 heavy (non-hydrogen) atoms. The second kappa shape index (κ2) is 16.6. The summed E-state index contributed by atoms with van der Waals surface area (Å²) < 4.78 is 0. The van der Waals surface area contributed by atoms with Crippen LogP contribution < -0.4 is 4.90 Å². The lowest BCUT2D eigenvalue weighted by Gasteiger charge is -2.34. The molecule has 0 bridgehead atoms. The molecule has 0 saturated carbocycles. The Kier molecular flexibility index (Phi) is 9.57. The van der Waals surface area contributed by atoms with Gasteiger partial charge in [0.25, 0.3) is 0 Å². The average Bonchev–Trinajstić information content (AvgIpc) is 3.96. The Balaban J connectivity index is 0.941. The second-order valence-corrected chi connectivity index (χ2v) is 19.0. The van der Waals surface area contributed by atoms with Crippen LogP contribution in [0.5, 0.6) is 0 Å². The summed E-state index contributed by atoms with van der Waals surface area (Å²) in [5.74, 6) is 0.00322. The van der Waals surface area contributed by atoms with Crippen LogP contribution in [0.2, 0.25) is 0 Å². The molecular weight excluding hydrogens is 855 g/mol. The summed E-state index contributed by atoms with van der Waals surface area (Å²) in [6.45, 7) is 0. The molecule has 1 unspecified atom stereocenters. The van der Waals surface area contributed by atoms with E-state index in [4.69, 9.17) is 0 Å². The van der Waals surface area contributed by atoms with Crippen molar-refractivity contribution in [3.8, 4) is 44.5 Å². The number of hydrogen-bond acceptors (Lipinski definition) is 1. The lowest BCUT2D eigenvalue weighted by Crippen LogP contribution is -2.28. The Morgan fingerprint density at radius 2 is 0.803 bits per heavy atom. The topological polar surface area (TPSA) is 3.24 Å². The maximum atomic E-state index is 2.54. The monoisotopic (exact) mass is 901 g/mol. The van der Waals surface area contributed by atoms with Crippen molar-refractivity contribution in [1.82, 2.24) is 0 Å². The van der Waals surface area contributed by atoms with Crippen molar-refractivity contribution >= 4 is 38.6 Å². The van der Waals surface area contributed by atoms with E-state index >= 15 is 0 Å². The Morgan fingerprint density at radius 3 is 1.46 bits per heavy atom. The van der Waals surface area contributed by atoms with Gasteiger partial charge in [0.1, 0.15) is 0 Å². The fourth-order valence-corrected chi connectivity index (χ4v) is 12.5. The molecule has 1 nitrogen and oxygen atoms in total. The first kappa shape index (κ1) is 41.0. The van der Waals surface area contributed by atoms with Crippen LogP contribution in [0.3, 0.4) is 0 Å². The zero-order valence-corrected chi connectivity index (χ0v) is 39.1. The highest BCUT2D eigenvalue weighted by Crippen LogP contribution is 2.59. The van der Waals surface area contributed by atoms with Gasteiger partial charge in [0.05, 0.1) is 11.1 Å². The van der Waals surface area contributed by atoms with Crippen LogP contribution in [0, 0.1) is 0 Å². The number of nitrogens with zero attached hydrogens (tertiary/aromatic N) is 1. The lowest BCUT2D eigenvalue weighted by atomic mass is 9.67. The molecule has 0 spiro atoms. The highest BCUT2D eigenvalue weighted by atomic mass is 15.1. The van der Waals surface area contributed by atoms with Gasteiger partial charge in [-0.2, -0.15) is 0 Å². The number of rotatable bonds is 8. The quantitative estimate of drug-likeness (QED) is 0.137. The minimum atomic E-state index is -0.456. The van der Waals surface area contributed by atoms with E-state index in [0.717, 1.165) is 17.1 Å². The van der Waals surface area contributed by atoms with Crippen molar-refractivity contribution in [1.29, 1.82) is 0 Å². The van der Waals surface area contributed by atoms with Crippen LogP contribution in [0.4, 0.5) is 17.1 Å². The van der Waals surface area contributed by atoms with E-state index in [9.17, 15) is 0 Å². The third-order valence-corrected chi connectivity index (χ3v) is 15.4. The summed E-state index contributed by atoms with van der Waals surface area (Å²) in [4.78, 5) is 2.36. The van der Waals surface area contributed by atoms with E-state index in [1.807, 2.05) is 0 Å². The van der Waals surface area contributed by atoms with Gasteiger partial charge in [0.15, 0.2) is 0 Å². The normalized spacial score (nSPS) is 13.9. The summed E-state index contributed by atoms with van der Waals surface area (Å²) in [7, 11) is 0. The summed E-state index contributed by atoms with van der Waals surface area (Å²) in [6, 6.07) is 103. The molecule has 332 valence electrons. The van der Waals surface area contributed by atoms with Crippen molar-refractivity contribution in [3.05, 3.63) is 318 Å². The van der Waals surface area contributed by atoms with Crippen LogP contribution in [0.25, 0.3) is 66.1 Å². The van der Waals surface area contributed by atoms with Crippen molar-refractivity contribution in [2.24, 2.45) is 0 Å². The molecule has 0 fully saturated rings. The molecule has 0 N–H and O–H groups in total. The third kappa shape index (κ3) is 6.33. The van der Waals surface area contributed by atoms with Crippen molar-refractivity contribution in [2.75, 3.05) is 4.90 Å². The molecule has 2 aliphatic rings. The van der Waals surface area contributed by atoms with Crippen LogP contribution >= 0.6 is 0 Å². The fraction of sp³-hybridized carbons (Fsp3) is 0.0286. The zero-order valence-electron chi connectivity index (χ0n) is 39.1. The van der Waals surface area contributed by atoms with Gasteiger partial charge in [-0.15, -0.1) is 0 Å². The van der Waals surface area contributed by atoms with Gasteiger partial charge in [0.2, 0.25) is 0 Å². The number of anilines is 3. The smallest absolute Gasteiger partial charge is 0.0713 e. The van der Waals surface area contributed by atoms with Crippen LogP contribution in [0.15, 0.2) is 279 Å². The molecule has 0 radical (unpaired) electrons. The first-order valence-electron chi connectivity index (χ1n) is 24.8. The van der Waals surface area contributed by atoms with Crippen molar-refractivity contribution in [2.45, 2.75) is 11.3 Å². The molecule has 2 aliphatic carbocycles. The van der Waals surface area contributed by atoms with Crippen molar-refractivity contribution in [3.63, 3.8) is 0 Å². The van der Waals surface area contributed by atoms with Crippen molar-refractivity contribution < 1.29 is 0 Å². The number of hydrogen-bond donors (Lipinski definition) is 0. The molecule has 12 aromatic carbocycles. The van der Waals surface area contributed by atoms with Gasteiger partial charge in [-0.1, -0.05) is 237 Å². The molecular formula is C70H47N. The number of benzene rings is 12. The Bertz CT molecular complexity index is 3890. The first-order valence-corrected chi connectivity index (χ1v) is 24.8. The Morgan fingerprint density at radius 1 is 0.310 bits per heavy atom. The van der Waals surface area contributed by atoms with Gasteiger partial charge >= 0.3 is 0 Å². The average molecular weight is 902 g/mol. The van der Waals surface area contributed by atoms with Gasteiger partial charge in [-0.25, -0.2) is 0 Å². The summed E-state index contributed by atoms with van der Waals surface area (Å²) >= 11 is 0. The SMILES string of the molecule is c1ccc(N(c2ccccc2)c2ccccc2-c2ccc(-c3ccc4c(c3)C(c3ccc5c(c3)-c3ccccc3C5(c3ccccc3)c3ccccc3)c3c-4c4ccccc4c4ccccc34)cc2)cc1. The predicted molar refractivity (Wildman–Crippen MR) is 297 cm³/mol. The standard InChI is InChI=1S/C70H47N/c1-5-21-51(22-6-1)70(52-23-7-2-8-24-52)64-35-19-17-32-58(64)62-46-50(42-44-65(62)70)67-63-45-49(41-43-61(63)68-59-33-15-13-30-56(59)57-31-14-16-34-60(57)69(67)68)47-37-39-48(40-38-47)55-29-18-20-36-66(55)71(53-25-9-3-10-26-53)54-27-11-4-12-28-54/h1-46,67H. The highest BCUT2D eigenvalue weighted by molar-refractivity contribution is 6.18. The van der Waals surface area contributed by atoms with E-state index in [-0.39, 0.29) is 5.92 Å². The number of fused-ring (bicyclic) bond motifs is 11. The second-order valence-electron chi connectivity index (χ2n) is 19.0. The zero-order chi connectivity index (χ0) is 46.9. The molecule has 0 aromatic heterocycles. The van der Waals surface area contributed by atoms with E-state index < -0.39 is 5.41 Å². The first-order chi connectivity index (χ1) is 35.3. The van der Waals surface area contributed by atoms with Gasteiger partial charge < -0.3 is 4.90 Å². The summed E-state index contributed by atoms with van der Waals surface area (Å²) in [6.07, 6.45) is 0. The van der Waals surface area contributed by atoms with Gasteiger partial charge in [-0.3, -0.25) is 0 Å². The van der Waals surface area contributed by atoms with E-state index in [1.165, 1.54) is 105 Å². The Labute approximate surface area is 415 Å². The predicted octanol–water partition coefficient (Wildman–Crippen LogP) is 18.3. The molecule has 14 rings (SSSR count). The molecule has 0 heterocycles. The molecule has 0 aliphatic heterocycles. The maximum absolute atomic E-state index is 2.54.